The van der Waals surface area contributed by atoms with Gasteiger partial charge in [0, 0.05) is 30.5 Å². The van der Waals surface area contributed by atoms with E-state index in [-0.39, 0.29) is 30.7 Å². The first-order valence-electron chi connectivity index (χ1n) is 11.3. The maximum atomic E-state index is 13.8. The van der Waals surface area contributed by atoms with Crippen LogP contribution in [0, 0.1) is 11.7 Å². The van der Waals surface area contributed by atoms with Crippen LogP contribution < -0.4 is 4.74 Å². The molecule has 5 nitrogen and oxygen atoms in total. The van der Waals surface area contributed by atoms with Gasteiger partial charge in [-0.3, -0.25) is 0 Å². The molecule has 2 aromatic carbocycles. The number of thioether (sulfide) groups is 1. The molecule has 2 unspecified atom stereocenters. The lowest BCUT2D eigenvalue weighted by Crippen LogP contribution is -2.23. The molecule has 1 aromatic heterocycles. The Labute approximate surface area is 210 Å². The molecule has 0 aliphatic heterocycles. The van der Waals surface area contributed by atoms with Crippen molar-refractivity contribution >= 4 is 24.2 Å². The van der Waals surface area contributed by atoms with Gasteiger partial charge in [-0.25, -0.2) is 8.78 Å². The Kier molecular flexibility index (Phi) is 9.74. The molecule has 1 saturated carbocycles. The first-order chi connectivity index (χ1) is 16.1. The summed E-state index contributed by atoms with van der Waals surface area (Å²) >= 11 is 1.72. The van der Waals surface area contributed by atoms with Crippen molar-refractivity contribution in [2.45, 2.75) is 23.9 Å². The third-order valence-electron chi connectivity index (χ3n) is 5.96. The maximum Gasteiger partial charge on any atom is 0.191 e. The molecule has 0 spiro atoms. The molecule has 34 heavy (non-hydrogen) atoms. The highest BCUT2D eigenvalue weighted by atomic mass is 35.5. The molecule has 0 N–H and O–H groups in total. The van der Waals surface area contributed by atoms with E-state index in [9.17, 15) is 8.78 Å². The van der Waals surface area contributed by atoms with Crippen LogP contribution in [-0.4, -0.2) is 58.8 Å². The predicted molar refractivity (Wildman–Crippen MR) is 135 cm³/mol. The average molecular weight is 509 g/mol. The van der Waals surface area contributed by atoms with Crippen LogP contribution in [0.2, 0.25) is 0 Å². The molecule has 9 heteroatoms. The Hall–Kier alpha value is -2.16. The molecular formula is C25H31ClF2N4OS. The maximum absolute atomic E-state index is 13.8. The van der Waals surface area contributed by atoms with Crippen LogP contribution in [0.4, 0.5) is 8.78 Å². The minimum absolute atomic E-state index is 0. The highest BCUT2D eigenvalue weighted by molar-refractivity contribution is 7.99. The summed E-state index contributed by atoms with van der Waals surface area (Å²) in [5.41, 5.74) is 1.93. The van der Waals surface area contributed by atoms with E-state index in [1.807, 2.05) is 41.9 Å². The van der Waals surface area contributed by atoms with Crippen molar-refractivity contribution in [1.29, 1.82) is 0 Å². The SMILES string of the molecule is CN(CCCSc1nnc(-c2ccccc2)n1C)CC1CC1c1cc(F)ccc1OCCF.Cl. The summed E-state index contributed by atoms with van der Waals surface area (Å²) in [5, 5.41) is 9.61. The van der Waals surface area contributed by atoms with E-state index in [2.05, 4.69) is 22.1 Å². The van der Waals surface area contributed by atoms with Crippen molar-refractivity contribution in [2.24, 2.45) is 13.0 Å². The summed E-state index contributed by atoms with van der Waals surface area (Å²) < 4.78 is 33.8. The molecule has 1 heterocycles. The van der Waals surface area contributed by atoms with Crippen molar-refractivity contribution in [3.8, 4) is 17.1 Å². The number of nitrogens with zero attached hydrogens (tertiary/aromatic N) is 4. The Morgan fingerprint density at radius 1 is 1.18 bits per heavy atom. The molecule has 1 aliphatic rings. The number of halogens is 3. The lowest BCUT2D eigenvalue weighted by atomic mass is 10.1. The molecule has 184 valence electrons. The Morgan fingerprint density at radius 2 is 1.97 bits per heavy atom. The topological polar surface area (TPSA) is 43.2 Å². The minimum Gasteiger partial charge on any atom is -0.491 e. The lowest BCUT2D eigenvalue weighted by Gasteiger charge is -2.17. The zero-order chi connectivity index (χ0) is 23.2. The lowest BCUT2D eigenvalue weighted by molar-refractivity contribution is 0.270. The normalized spacial score (nSPS) is 17.0. The zero-order valence-corrected chi connectivity index (χ0v) is 21.1. The monoisotopic (exact) mass is 508 g/mol. The largest absolute Gasteiger partial charge is 0.491 e. The second-order valence-corrected chi connectivity index (χ2v) is 9.58. The van der Waals surface area contributed by atoms with Crippen molar-refractivity contribution in [3.05, 3.63) is 59.9 Å². The number of aromatic nitrogens is 3. The fourth-order valence-corrected chi connectivity index (χ4v) is 5.02. The summed E-state index contributed by atoms with van der Waals surface area (Å²) in [6.45, 7) is 1.39. The highest BCUT2D eigenvalue weighted by Crippen LogP contribution is 2.50. The van der Waals surface area contributed by atoms with Gasteiger partial charge >= 0.3 is 0 Å². The van der Waals surface area contributed by atoms with Crippen molar-refractivity contribution in [1.82, 2.24) is 19.7 Å². The third kappa shape index (κ3) is 6.71. The minimum atomic E-state index is -0.548. The van der Waals surface area contributed by atoms with Crippen molar-refractivity contribution in [2.75, 3.05) is 39.2 Å². The van der Waals surface area contributed by atoms with Gasteiger partial charge in [0.2, 0.25) is 0 Å². The Bertz CT molecular complexity index is 1050. The smallest absolute Gasteiger partial charge is 0.191 e. The summed E-state index contributed by atoms with van der Waals surface area (Å²) in [6, 6.07) is 14.6. The summed E-state index contributed by atoms with van der Waals surface area (Å²) in [7, 11) is 4.13. The number of benzene rings is 2. The van der Waals surface area contributed by atoms with Gasteiger partial charge in [0.25, 0.3) is 0 Å². The quantitative estimate of drug-likeness (QED) is 0.235. The summed E-state index contributed by atoms with van der Waals surface area (Å²) in [5.74, 6) is 2.94. The van der Waals surface area contributed by atoms with Crippen molar-refractivity contribution < 1.29 is 13.5 Å². The van der Waals surface area contributed by atoms with E-state index in [1.54, 1.807) is 23.9 Å². The first kappa shape index (κ1) is 26.4. The average Bonchev–Trinajstić information content (AvgIpc) is 3.48. The van der Waals surface area contributed by atoms with E-state index < -0.39 is 6.67 Å². The van der Waals surface area contributed by atoms with E-state index in [0.717, 1.165) is 53.8 Å². The van der Waals surface area contributed by atoms with Crippen molar-refractivity contribution in [3.63, 3.8) is 0 Å². The summed E-state index contributed by atoms with van der Waals surface area (Å²) in [4.78, 5) is 2.33. The van der Waals surface area contributed by atoms with Gasteiger partial charge in [-0.1, -0.05) is 42.1 Å². The van der Waals surface area contributed by atoms with Gasteiger partial charge in [0.05, 0.1) is 0 Å². The molecule has 0 amide bonds. The van der Waals surface area contributed by atoms with E-state index in [0.29, 0.717) is 11.7 Å². The third-order valence-corrected chi connectivity index (χ3v) is 7.06. The van der Waals surface area contributed by atoms with Crippen LogP contribution in [0.5, 0.6) is 5.75 Å². The van der Waals surface area contributed by atoms with Crippen LogP contribution in [0.15, 0.2) is 53.7 Å². The van der Waals surface area contributed by atoms with Crippen LogP contribution >= 0.6 is 24.2 Å². The number of alkyl halides is 1. The van der Waals surface area contributed by atoms with Gasteiger partial charge in [-0.2, -0.15) is 0 Å². The number of hydrogen-bond donors (Lipinski definition) is 0. The van der Waals surface area contributed by atoms with E-state index in [4.69, 9.17) is 4.74 Å². The van der Waals surface area contributed by atoms with Crippen LogP contribution in [0.3, 0.4) is 0 Å². The molecule has 3 aromatic rings. The van der Waals surface area contributed by atoms with Gasteiger partial charge < -0.3 is 14.2 Å². The van der Waals surface area contributed by atoms with Crippen LogP contribution in [0.1, 0.15) is 24.3 Å². The van der Waals surface area contributed by atoms with Gasteiger partial charge in [0.15, 0.2) is 11.0 Å². The van der Waals surface area contributed by atoms with Gasteiger partial charge in [-0.15, -0.1) is 22.6 Å². The van der Waals surface area contributed by atoms with Crippen LogP contribution in [0.25, 0.3) is 11.4 Å². The fourth-order valence-electron chi connectivity index (χ4n) is 4.19. The van der Waals surface area contributed by atoms with Gasteiger partial charge in [-0.05, 0) is 56.5 Å². The molecule has 2 atom stereocenters. The summed E-state index contributed by atoms with van der Waals surface area (Å²) in [6.07, 6.45) is 2.05. The number of rotatable bonds is 12. The standard InChI is InChI=1S/C25H30F2N4OS.ClH/c1-30(17-19-15-21(19)22-16-20(27)9-10-23(22)32-13-11-26)12-6-14-33-25-29-28-24(31(25)2)18-7-4-3-5-8-18;/h3-5,7-10,16,19,21H,6,11-15,17H2,1-2H3;1H. The molecule has 1 fully saturated rings. The second-order valence-electron chi connectivity index (χ2n) is 8.52. The highest BCUT2D eigenvalue weighted by Gasteiger charge is 2.40. The van der Waals surface area contributed by atoms with E-state index in [1.165, 1.54) is 6.07 Å². The molecule has 0 radical (unpaired) electrons. The second kappa shape index (κ2) is 12.5. The molecule has 0 saturated heterocycles. The molecule has 4 rings (SSSR count). The fraction of sp³-hybridized carbons (Fsp3) is 0.440. The molecule has 0 bridgehead atoms. The number of hydrogen-bond acceptors (Lipinski definition) is 5. The van der Waals surface area contributed by atoms with Gasteiger partial charge in [0.1, 0.15) is 24.8 Å². The Morgan fingerprint density at radius 3 is 2.74 bits per heavy atom. The first-order valence-corrected chi connectivity index (χ1v) is 12.3. The van der Waals surface area contributed by atoms with Crippen LogP contribution in [-0.2, 0) is 7.05 Å². The molecule has 1 aliphatic carbocycles. The molecular weight excluding hydrogens is 478 g/mol. The zero-order valence-electron chi connectivity index (χ0n) is 19.5. The predicted octanol–water partition coefficient (Wildman–Crippen LogP) is 5.61. The van der Waals surface area contributed by atoms with E-state index >= 15 is 0 Å². The Balaban J connectivity index is 0.00000324. The number of ether oxygens (including phenoxy) is 1.